The molecule has 3 N–H and O–H groups in total. The second-order valence-corrected chi connectivity index (χ2v) is 4.23. The van der Waals surface area contributed by atoms with Crippen LogP contribution in [-0.2, 0) is 0 Å². The standard InChI is InChI=1S/C10H10N4OS/c1-6-4-8(15)14-10(13-6)16-9-5-7(11)2-3-12-9/h2-5H,1H3,(H2,11,12)(H,13,14,15). The highest BCUT2D eigenvalue weighted by Gasteiger charge is 2.02. The van der Waals surface area contributed by atoms with Gasteiger partial charge in [0.05, 0.1) is 0 Å². The Morgan fingerprint density at radius 2 is 2.25 bits per heavy atom. The average molecular weight is 234 g/mol. The van der Waals surface area contributed by atoms with Gasteiger partial charge in [-0.1, -0.05) is 0 Å². The molecular formula is C10H10N4OS. The Kier molecular flexibility index (Phi) is 2.91. The van der Waals surface area contributed by atoms with E-state index in [-0.39, 0.29) is 5.56 Å². The van der Waals surface area contributed by atoms with Gasteiger partial charge in [0.1, 0.15) is 5.03 Å². The van der Waals surface area contributed by atoms with Crippen molar-refractivity contribution < 1.29 is 0 Å². The van der Waals surface area contributed by atoms with Crippen molar-refractivity contribution >= 4 is 17.4 Å². The highest BCUT2D eigenvalue weighted by atomic mass is 32.2. The lowest BCUT2D eigenvalue weighted by Crippen LogP contribution is -2.07. The second-order valence-electron chi connectivity index (χ2n) is 3.22. The van der Waals surface area contributed by atoms with Gasteiger partial charge in [-0.15, -0.1) is 0 Å². The van der Waals surface area contributed by atoms with Gasteiger partial charge in [0, 0.05) is 23.6 Å². The number of nitrogens with zero attached hydrogens (tertiary/aromatic N) is 2. The molecule has 0 aromatic carbocycles. The summed E-state index contributed by atoms with van der Waals surface area (Å²) >= 11 is 1.27. The number of anilines is 1. The number of rotatable bonds is 2. The number of nitrogens with two attached hydrogens (primary N) is 1. The predicted molar refractivity (Wildman–Crippen MR) is 62.4 cm³/mol. The summed E-state index contributed by atoms with van der Waals surface area (Å²) in [6.07, 6.45) is 1.62. The first-order valence-corrected chi connectivity index (χ1v) is 5.42. The number of aromatic amines is 1. The molecular weight excluding hydrogens is 224 g/mol. The van der Waals surface area contributed by atoms with Crippen molar-refractivity contribution in [2.75, 3.05) is 5.73 Å². The number of hydrogen-bond acceptors (Lipinski definition) is 5. The molecule has 0 radical (unpaired) electrons. The summed E-state index contributed by atoms with van der Waals surface area (Å²) in [6, 6.07) is 4.88. The third kappa shape index (κ3) is 2.60. The van der Waals surface area contributed by atoms with Crippen molar-refractivity contribution in [1.29, 1.82) is 0 Å². The van der Waals surface area contributed by atoms with Gasteiger partial charge in [-0.05, 0) is 30.8 Å². The maximum atomic E-state index is 11.2. The monoisotopic (exact) mass is 234 g/mol. The lowest BCUT2D eigenvalue weighted by Gasteiger charge is -2.01. The summed E-state index contributed by atoms with van der Waals surface area (Å²) in [5.74, 6) is 0. The minimum Gasteiger partial charge on any atom is -0.399 e. The van der Waals surface area contributed by atoms with E-state index in [2.05, 4.69) is 15.0 Å². The average Bonchev–Trinajstić information content (AvgIpc) is 2.15. The first-order valence-electron chi connectivity index (χ1n) is 4.61. The SMILES string of the molecule is Cc1cc(=O)[nH]c(Sc2cc(N)ccn2)n1. The molecule has 2 heterocycles. The summed E-state index contributed by atoms with van der Waals surface area (Å²) in [7, 11) is 0. The van der Waals surface area contributed by atoms with Crippen LogP contribution in [0.3, 0.4) is 0 Å². The fourth-order valence-corrected chi connectivity index (χ4v) is 2.03. The zero-order valence-electron chi connectivity index (χ0n) is 8.60. The topological polar surface area (TPSA) is 84.7 Å². The van der Waals surface area contributed by atoms with Crippen molar-refractivity contribution in [3.8, 4) is 0 Å². The number of H-pyrrole nitrogens is 1. The van der Waals surface area contributed by atoms with Crippen LogP contribution in [0.4, 0.5) is 5.69 Å². The Morgan fingerprint density at radius 3 is 2.94 bits per heavy atom. The Bertz CT molecular complexity index is 567. The summed E-state index contributed by atoms with van der Waals surface area (Å²) < 4.78 is 0. The fraction of sp³-hybridized carbons (Fsp3) is 0.100. The number of hydrogen-bond donors (Lipinski definition) is 2. The van der Waals surface area contributed by atoms with Crippen LogP contribution >= 0.6 is 11.8 Å². The van der Waals surface area contributed by atoms with Crippen LogP contribution in [0.15, 0.2) is 39.4 Å². The van der Waals surface area contributed by atoms with Crippen molar-refractivity contribution in [3.05, 3.63) is 40.4 Å². The molecule has 82 valence electrons. The first kappa shape index (κ1) is 10.7. The number of aromatic nitrogens is 3. The van der Waals surface area contributed by atoms with E-state index in [0.717, 1.165) is 0 Å². The van der Waals surface area contributed by atoms with Crippen molar-refractivity contribution in [2.24, 2.45) is 0 Å². The second kappa shape index (κ2) is 4.36. The summed E-state index contributed by atoms with van der Waals surface area (Å²) in [5, 5.41) is 1.22. The van der Waals surface area contributed by atoms with E-state index in [4.69, 9.17) is 5.73 Å². The quantitative estimate of drug-likeness (QED) is 0.763. The van der Waals surface area contributed by atoms with Crippen molar-refractivity contribution in [1.82, 2.24) is 15.0 Å². The zero-order valence-corrected chi connectivity index (χ0v) is 9.41. The maximum Gasteiger partial charge on any atom is 0.251 e. The molecule has 0 bridgehead atoms. The molecule has 16 heavy (non-hydrogen) atoms. The Labute approximate surface area is 96.1 Å². The van der Waals surface area contributed by atoms with Crippen LogP contribution < -0.4 is 11.3 Å². The molecule has 2 aromatic heterocycles. The van der Waals surface area contributed by atoms with Crippen LogP contribution in [0, 0.1) is 6.92 Å². The van der Waals surface area contributed by atoms with Gasteiger partial charge in [-0.2, -0.15) is 0 Å². The van der Waals surface area contributed by atoms with E-state index in [0.29, 0.717) is 21.6 Å². The number of nitrogen functional groups attached to an aromatic ring is 1. The molecule has 0 saturated carbocycles. The highest BCUT2D eigenvalue weighted by molar-refractivity contribution is 7.99. The number of nitrogens with one attached hydrogen (secondary N) is 1. The van der Waals surface area contributed by atoms with E-state index in [1.54, 1.807) is 25.3 Å². The number of pyridine rings is 1. The zero-order chi connectivity index (χ0) is 11.5. The maximum absolute atomic E-state index is 11.2. The van der Waals surface area contributed by atoms with E-state index in [9.17, 15) is 4.79 Å². The van der Waals surface area contributed by atoms with Gasteiger partial charge in [-0.25, -0.2) is 9.97 Å². The largest absolute Gasteiger partial charge is 0.399 e. The van der Waals surface area contributed by atoms with Crippen molar-refractivity contribution in [2.45, 2.75) is 17.1 Å². The van der Waals surface area contributed by atoms with Crippen LogP contribution in [-0.4, -0.2) is 15.0 Å². The van der Waals surface area contributed by atoms with Gasteiger partial charge < -0.3 is 10.7 Å². The Hall–Kier alpha value is -1.82. The van der Waals surface area contributed by atoms with Gasteiger partial charge >= 0.3 is 0 Å². The third-order valence-electron chi connectivity index (χ3n) is 1.81. The van der Waals surface area contributed by atoms with Crippen LogP contribution in [0.1, 0.15) is 5.69 Å². The van der Waals surface area contributed by atoms with Crippen molar-refractivity contribution in [3.63, 3.8) is 0 Å². The van der Waals surface area contributed by atoms with E-state index in [1.165, 1.54) is 17.8 Å². The van der Waals surface area contributed by atoms with E-state index < -0.39 is 0 Å². The Balaban J connectivity index is 2.30. The summed E-state index contributed by atoms with van der Waals surface area (Å²) in [5.41, 5.74) is 6.77. The summed E-state index contributed by atoms with van der Waals surface area (Å²) in [6.45, 7) is 1.77. The molecule has 0 saturated heterocycles. The molecule has 2 rings (SSSR count). The van der Waals surface area contributed by atoms with Crippen LogP contribution in [0.25, 0.3) is 0 Å². The normalized spacial score (nSPS) is 10.3. The minimum atomic E-state index is -0.168. The fourth-order valence-electron chi connectivity index (χ4n) is 1.18. The molecule has 0 aliphatic rings. The third-order valence-corrected chi connectivity index (χ3v) is 2.63. The summed E-state index contributed by atoms with van der Waals surface area (Å²) in [4.78, 5) is 22.1. The van der Waals surface area contributed by atoms with Gasteiger partial charge in [0.2, 0.25) is 0 Å². The molecule has 5 nitrogen and oxygen atoms in total. The molecule has 0 aliphatic carbocycles. The molecule has 0 spiro atoms. The molecule has 0 unspecified atom stereocenters. The Morgan fingerprint density at radius 1 is 1.44 bits per heavy atom. The van der Waals surface area contributed by atoms with Crippen LogP contribution in [0.5, 0.6) is 0 Å². The van der Waals surface area contributed by atoms with Gasteiger partial charge in [-0.3, -0.25) is 4.79 Å². The number of aryl methyl sites for hydroxylation is 1. The van der Waals surface area contributed by atoms with E-state index in [1.807, 2.05) is 0 Å². The smallest absolute Gasteiger partial charge is 0.251 e. The molecule has 0 atom stereocenters. The molecule has 0 amide bonds. The lowest BCUT2D eigenvalue weighted by molar-refractivity contribution is 0.902. The minimum absolute atomic E-state index is 0.168. The first-order chi connectivity index (χ1) is 7.63. The molecule has 6 heteroatoms. The van der Waals surface area contributed by atoms with Gasteiger partial charge in [0.15, 0.2) is 5.16 Å². The van der Waals surface area contributed by atoms with Crippen LogP contribution in [0.2, 0.25) is 0 Å². The predicted octanol–water partition coefficient (Wildman–Crippen LogP) is 1.21. The highest BCUT2D eigenvalue weighted by Crippen LogP contribution is 2.22. The molecule has 0 aliphatic heterocycles. The molecule has 2 aromatic rings. The van der Waals surface area contributed by atoms with Gasteiger partial charge in [0.25, 0.3) is 5.56 Å². The van der Waals surface area contributed by atoms with E-state index >= 15 is 0 Å². The molecule has 0 fully saturated rings. The lowest BCUT2D eigenvalue weighted by atomic mass is 10.4.